The van der Waals surface area contributed by atoms with Gasteiger partial charge in [-0.3, -0.25) is 0 Å². The lowest BCUT2D eigenvalue weighted by Crippen LogP contribution is -2.47. The summed E-state index contributed by atoms with van der Waals surface area (Å²) >= 11 is 0. The molecule has 82 valence electrons. The predicted molar refractivity (Wildman–Crippen MR) is 60.2 cm³/mol. The van der Waals surface area contributed by atoms with Crippen molar-refractivity contribution in [3.63, 3.8) is 0 Å². The summed E-state index contributed by atoms with van der Waals surface area (Å²) < 4.78 is 0. The summed E-state index contributed by atoms with van der Waals surface area (Å²) in [5.41, 5.74) is 6.10. The molecule has 14 heavy (non-hydrogen) atoms. The molecule has 2 heteroatoms. The number of rotatable bonds is 4. The zero-order valence-electron chi connectivity index (χ0n) is 9.41. The van der Waals surface area contributed by atoms with Gasteiger partial charge in [-0.2, -0.15) is 0 Å². The molecular formula is C12H24N2. The highest BCUT2D eigenvalue weighted by Gasteiger charge is 2.30. The fraction of sp³-hybridized carbons (Fsp3) is 1.00. The van der Waals surface area contributed by atoms with Crippen molar-refractivity contribution < 1.29 is 0 Å². The fourth-order valence-electron chi connectivity index (χ4n) is 2.84. The summed E-state index contributed by atoms with van der Waals surface area (Å²) in [7, 11) is 0. The first-order valence-corrected chi connectivity index (χ1v) is 6.26. The average molecular weight is 196 g/mol. The van der Waals surface area contributed by atoms with Crippen LogP contribution < -0.4 is 5.73 Å². The zero-order valence-corrected chi connectivity index (χ0v) is 9.41. The van der Waals surface area contributed by atoms with Gasteiger partial charge in [-0.15, -0.1) is 0 Å². The molecule has 2 N–H and O–H groups in total. The molecule has 1 aliphatic heterocycles. The van der Waals surface area contributed by atoms with E-state index in [0.29, 0.717) is 6.04 Å². The van der Waals surface area contributed by atoms with Crippen LogP contribution in [0.1, 0.15) is 39.0 Å². The van der Waals surface area contributed by atoms with Crippen LogP contribution in [0.15, 0.2) is 0 Å². The first-order chi connectivity index (χ1) is 6.78. The van der Waals surface area contributed by atoms with Gasteiger partial charge in [0.15, 0.2) is 0 Å². The third kappa shape index (κ3) is 2.96. The molecule has 2 atom stereocenters. The van der Waals surface area contributed by atoms with Crippen molar-refractivity contribution in [3.05, 3.63) is 0 Å². The number of nitrogens with zero attached hydrogens (tertiary/aromatic N) is 1. The average Bonchev–Trinajstić information content (AvgIpc) is 2.87. The van der Waals surface area contributed by atoms with E-state index >= 15 is 0 Å². The van der Waals surface area contributed by atoms with Crippen molar-refractivity contribution in [2.45, 2.75) is 45.1 Å². The van der Waals surface area contributed by atoms with E-state index in [1.54, 1.807) is 0 Å². The Balaban J connectivity index is 1.78. The highest BCUT2D eigenvalue weighted by Crippen LogP contribution is 2.37. The molecule has 0 amide bonds. The van der Waals surface area contributed by atoms with Crippen LogP contribution in [0.5, 0.6) is 0 Å². The largest absolute Gasteiger partial charge is 0.327 e. The molecule has 0 radical (unpaired) electrons. The van der Waals surface area contributed by atoms with Gasteiger partial charge in [-0.25, -0.2) is 0 Å². The number of nitrogens with two attached hydrogens (primary N) is 1. The van der Waals surface area contributed by atoms with Crippen LogP contribution in [0.3, 0.4) is 0 Å². The SMILES string of the molecule is CCCN1CC(N)CC(CC2CC2)C1. The van der Waals surface area contributed by atoms with Gasteiger partial charge in [-0.05, 0) is 37.6 Å². The van der Waals surface area contributed by atoms with Gasteiger partial charge in [0.05, 0.1) is 0 Å². The molecule has 0 aromatic rings. The standard InChI is InChI=1S/C12H24N2/c1-2-5-14-8-11(6-10-3-4-10)7-12(13)9-14/h10-12H,2-9,13H2,1H3. The van der Waals surface area contributed by atoms with Crippen molar-refractivity contribution in [3.8, 4) is 0 Å². The van der Waals surface area contributed by atoms with E-state index in [0.717, 1.165) is 18.4 Å². The summed E-state index contributed by atoms with van der Waals surface area (Å²) in [5, 5.41) is 0. The summed E-state index contributed by atoms with van der Waals surface area (Å²) in [6.07, 6.45) is 6.96. The molecule has 1 aliphatic carbocycles. The van der Waals surface area contributed by atoms with Gasteiger partial charge in [-0.1, -0.05) is 19.8 Å². The lowest BCUT2D eigenvalue weighted by molar-refractivity contribution is 0.148. The Bertz CT molecular complexity index is 175. The van der Waals surface area contributed by atoms with E-state index < -0.39 is 0 Å². The molecule has 0 aromatic heterocycles. The molecule has 2 unspecified atom stereocenters. The van der Waals surface area contributed by atoms with E-state index in [1.807, 2.05) is 0 Å². The van der Waals surface area contributed by atoms with Crippen LogP contribution in [-0.2, 0) is 0 Å². The maximum absolute atomic E-state index is 6.10. The molecule has 0 spiro atoms. The van der Waals surface area contributed by atoms with Gasteiger partial charge in [0, 0.05) is 19.1 Å². The quantitative estimate of drug-likeness (QED) is 0.743. The van der Waals surface area contributed by atoms with Crippen molar-refractivity contribution in [1.29, 1.82) is 0 Å². The van der Waals surface area contributed by atoms with Crippen LogP contribution in [0, 0.1) is 11.8 Å². The summed E-state index contributed by atoms with van der Waals surface area (Å²) in [4.78, 5) is 2.57. The highest BCUT2D eigenvalue weighted by molar-refractivity contribution is 4.85. The summed E-state index contributed by atoms with van der Waals surface area (Å²) in [6, 6.07) is 0.444. The van der Waals surface area contributed by atoms with Crippen LogP contribution in [0.2, 0.25) is 0 Å². The first-order valence-electron chi connectivity index (χ1n) is 6.26. The lowest BCUT2D eigenvalue weighted by atomic mass is 9.90. The third-order valence-electron chi connectivity index (χ3n) is 3.55. The molecule has 2 nitrogen and oxygen atoms in total. The van der Waals surface area contributed by atoms with Crippen LogP contribution in [-0.4, -0.2) is 30.6 Å². The third-order valence-corrected chi connectivity index (χ3v) is 3.55. The van der Waals surface area contributed by atoms with Crippen LogP contribution in [0.25, 0.3) is 0 Å². The Hall–Kier alpha value is -0.0800. The topological polar surface area (TPSA) is 29.3 Å². The fourth-order valence-corrected chi connectivity index (χ4v) is 2.84. The number of hydrogen-bond acceptors (Lipinski definition) is 2. The maximum Gasteiger partial charge on any atom is 0.0170 e. The van der Waals surface area contributed by atoms with E-state index in [2.05, 4.69) is 11.8 Å². The number of likely N-dealkylation sites (tertiary alicyclic amines) is 1. The summed E-state index contributed by atoms with van der Waals surface area (Å²) in [6.45, 7) is 5.96. The van der Waals surface area contributed by atoms with Gasteiger partial charge in [0.1, 0.15) is 0 Å². The maximum atomic E-state index is 6.10. The van der Waals surface area contributed by atoms with Gasteiger partial charge in [0.2, 0.25) is 0 Å². The molecule has 2 rings (SSSR count). The molecule has 1 heterocycles. The van der Waals surface area contributed by atoms with Gasteiger partial charge in [0.25, 0.3) is 0 Å². The Morgan fingerprint density at radius 3 is 2.64 bits per heavy atom. The lowest BCUT2D eigenvalue weighted by Gasteiger charge is -2.36. The molecule has 0 bridgehead atoms. The zero-order chi connectivity index (χ0) is 9.97. The Morgan fingerprint density at radius 2 is 2.00 bits per heavy atom. The molecular weight excluding hydrogens is 172 g/mol. The molecule has 1 saturated heterocycles. The van der Waals surface area contributed by atoms with E-state index in [9.17, 15) is 0 Å². The smallest absolute Gasteiger partial charge is 0.0170 e. The second-order valence-corrected chi connectivity index (χ2v) is 5.30. The normalized spacial score (nSPS) is 34.7. The molecule has 0 aromatic carbocycles. The second kappa shape index (κ2) is 4.63. The second-order valence-electron chi connectivity index (χ2n) is 5.30. The van der Waals surface area contributed by atoms with E-state index in [4.69, 9.17) is 5.73 Å². The van der Waals surface area contributed by atoms with Crippen molar-refractivity contribution in [2.24, 2.45) is 17.6 Å². The van der Waals surface area contributed by atoms with Crippen LogP contribution >= 0.6 is 0 Å². The number of hydrogen-bond donors (Lipinski definition) is 1. The van der Waals surface area contributed by atoms with E-state index in [1.165, 1.54) is 45.2 Å². The predicted octanol–water partition coefficient (Wildman–Crippen LogP) is 1.85. The minimum atomic E-state index is 0.444. The highest BCUT2D eigenvalue weighted by atomic mass is 15.1. The van der Waals surface area contributed by atoms with Crippen molar-refractivity contribution >= 4 is 0 Å². The molecule has 2 fully saturated rings. The monoisotopic (exact) mass is 196 g/mol. The minimum Gasteiger partial charge on any atom is -0.327 e. The Labute approximate surface area is 87.8 Å². The Morgan fingerprint density at radius 1 is 1.21 bits per heavy atom. The van der Waals surface area contributed by atoms with Crippen molar-refractivity contribution in [2.75, 3.05) is 19.6 Å². The van der Waals surface area contributed by atoms with E-state index in [-0.39, 0.29) is 0 Å². The Kier molecular flexibility index (Phi) is 3.45. The molecule has 2 aliphatic rings. The summed E-state index contributed by atoms with van der Waals surface area (Å²) in [5.74, 6) is 1.96. The molecule has 1 saturated carbocycles. The first kappa shape index (κ1) is 10.4. The number of piperidine rings is 1. The van der Waals surface area contributed by atoms with Gasteiger partial charge < -0.3 is 10.6 Å². The van der Waals surface area contributed by atoms with Gasteiger partial charge >= 0.3 is 0 Å². The van der Waals surface area contributed by atoms with Crippen molar-refractivity contribution in [1.82, 2.24) is 4.90 Å². The minimum absolute atomic E-state index is 0.444. The van der Waals surface area contributed by atoms with Crippen LogP contribution in [0.4, 0.5) is 0 Å².